The Bertz CT molecular complexity index is 1030. The predicted octanol–water partition coefficient (Wildman–Crippen LogP) is 3.39. The Morgan fingerprint density at radius 2 is 1.71 bits per heavy atom. The van der Waals surface area contributed by atoms with Gasteiger partial charge in [0, 0.05) is 24.6 Å². The van der Waals surface area contributed by atoms with Gasteiger partial charge in [-0.05, 0) is 36.4 Å². The van der Waals surface area contributed by atoms with Crippen molar-refractivity contribution in [3.05, 3.63) is 52.0 Å². The first-order chi connectivity index (χ1) is 13.1. The lowest BCUT2D eigenvalue weighted by molar-refractivity contribution is -0.114. The minimum Gasteiger partial charge on any atom is -0.325 e. The van der Waals surface area contributed by atoms with Crippen LogP contribution >= 0.6 is 23.2 Å². The van der Waals surface area contributed by atoms with E-state index in [9.17, 15) is 18.0 Å². The van der Waals surface area contributed by atoms with E-state index in [4.69, 9.17) is 28.0 Å². The number of carbonyl (C=O) groups excluding carboxylic acids is 2. The summed E-state index contributed by atoms with van der Waals surface area (Å²) in [5.74, 6) is -0.956. The summed E-state index contributed by atoms with van der Waals surface area (Å²) >= 11 is 12.0. The van der Waals surface area contributed by atoms with Gasteiger partial charge in [-0.25, -0.2) is 8.42 Å². The molecule has 2 N–H and O–H groups in total. The molecule has 0 aromatic heterocycles. The molecule has 11 heteroatoms. The number of benzene rings is 2. The summed E-state index contributed by atoms with van der Waals surface area (Å²) in [5, 5.41) is 5.44. The standard InChI is InChI=1S/C17H17Cl2N3O5S/c1-10(23)20-14-7-5-12(18)9-15(14)21-17(24)11-4-6-13(19)16(8-11)28(25,26)22(2)27-3/h4-9H,1-3H3,(H,20,23)(H,21,24). The van der Waals surface area contributed by atoms with Gasteiger partial charge in [0.05, 0.1) is 23.5 Å². The molecule has 0 aliphatic rings. The number of sulfonamides is 1. The van der Waals surface area contributed by atoms with E-state index in [1.807, 2.05) is 0 Å². The van der Waals surface area contributed by atoms with Crippen molar-refractivity contribution >= 4 is 56.4 Å². The average molecular weight is 446 g/mol. The highest BCUT2D eigenvalue weighted by atomic mass is 35.5. The van der Waals surface area contributed by atoms with Crippen molar-refractivity contribution in [3.8, 4) is 0 Å². The van der Waals surface area contributed by atoms with Crippen LogP contribution in [0.15, 0.2) is 41.3 Å². The van der Waals surface area contributed by atoms with E-state index in [0.29, 0.717) is 15.2 Å². The highest BCUT2D eigenvalue weighted by Crippen LogP contribution is 2.28. The molecule has 0 saturated heterocycles. The molecule has 0 heterocycles. The fourth-order valence-corrected chi connectivity index (χ4v) is 3.84. The molecule has 0 unspecified atom stereocenters. The Hall–Kier alpha value is -2.17. The van der Waals surface area contributed by atoms with Gasteiger partial charge >= 0.3 is 0 Å². The first kappa shape index (κ1) is 22.1. The van der Waals surface area contributed by atoms with Gasteiger partial charge in [0.25, 0.3) is 15.9 Å². The Labute approximate surface area is 172 Å². The molecule has 2 aromatic rings. The molecule has 0 aliphatic heterocycles. The minimum absolute atomic E-state index is 0.0289. The molecule has 8 nitrogen and oxygen atoms in total. The molecule has 0 saturated carbocycles. The number of halogens is 2. The van der Waals surface area contributed by atoms with Gasteiger partial charge < -0.3 is 10.6 Å². The van der Waals surface area contributed by atoms with Crippen molar-refractivity contribution in [3.63, 3.8) is 0 Å². The maximum absolute atomic E-state index is 12.6. The molecular weight excluding hydrogens is 429 g/mol. The summed E-state index contributed by atoms with van der Waals surface area (Å²) in [4.78, 5) is 28.4. The Morgan fingerprint density at radius 1 is 1.04 bits per heavy atom. The van der Waals surface area contributed by atoms with Crippen molar-refractivity contribution in [1.82, 2.24) is 4.47 Å². The number of rotatable bonds is 6. The zero-order valence-corrected chi connectivity index (χ0v) is 17.4. The smallest absolute Gasteiger partial charge is 0.266 e. The van der Waals surface area contributed by atoms with Crippen LogP contribution in [0.4, 0.5) is 11.4 Å². The highest BCUT2D eigenvalue weighted by molar-refractivity contribution is 7.89. The average Bonchev–Trinajstić information content (AvgIpc) is 2.63. The quantitative estimate of drug-likeness (QED) is 0.662. The van der Waals surface area contributed by atoms with Crippen molar-refractivity contribution in [2.75, 3.05) is 24.8 Å². The van der Waals surface area contributed by atoms with Crippen LogP contribution in [-0.2, 0) is 19.7 Å². The molecule has 0 spiro atoms. The number of hydrogen-bond acceptors (Lipinski definition) is 5. The van der Waals surface area contributed by atoms with Crippen LogP contribution < -0.4 is 10.6 Å². The molecule has 2 aromatic carbocycles. The molecule has 0 atom stereocenters. The van der Waals surface area contributed by atoms with E-state index in [2.05, 4.69) is 10.6 Å². The van der Waals surface area contributed by atoms with Crippen LogP contribution in [-0.4, -0.2) is 38.9 Å². The summed E-state index contributed by atoms with van der Waals surface area (Å²) in [6.45, 7) is 1.32. The monoisotopic (exact) mass is 445 g/mol. The normalized spacial score (nSPS) is 11.4. The second-order valence-corrected chi connectivity index (χ2v) is 8.32. The molecule has 0 radical (unpaired) electrons. The highest BCUT2D eigenvalue weighted by Gasteiger charge is 2.25. The molecule has 0 aliphatic carbocycles. The van der Waals surface area contributed by atoms with E-state index in [1.54, 1.807) is 6.07 Å². The van der Waals surface area contributed by atoms with E-state index in [0.717, 1.165) is 6.07 Å². The maximum atomic E-state index is 12.6. The molecule has 2 amide bonds. The number of nitrogens with one attached hydrogen (secondary N) is 2. The van der Waals surface area contributed by atoms with E-state index >= 15 is 0 Å². The van der Waals surface area contributed by atoms with Crippen molar-refractivity contribution < 1.29 is 22.8 Å². The molecule has 0 bridgehead atoms. The lowest BCUT2D eigenvalue weighted by Crippen LogP contribution is -2.26. The van der Waals surface area contributed by atoms with Gasteiger partial charge in [-0.1, -0.05) is 27.7 Å². The molecule has 2 rings (SSSR count). The second-order valence-electron chi connectivity index (χ2n) is 5.57. The zero-order valence-electron chi connectivity index (χ0n) is 15.1. The second kappa shape index (κ2) is 8.89. The van der Waals surface area contributed by atoms with Crippen LogP contribution in [0.1, 0.15) is 17.3 Å². The van der Waals surface area contributed by atoms with Crippen LogP contribution in [0.25, 0.3) is 0 Å². The lowest BCUT2D eigenvalue weighted by atomic mass is 10.2. The molecule has 0 fully saturated rings. The topological polar surface area (TPSA) is 105 Å². The lowest BCUT2D eigenvalue weighted by Gasteiger charge is -2.16. The van der Waals surface area contributed by atoms with E-state index in [-0.39, 0.29) is 27.1 Å². The van der Waals surface area contributed by atoms with Gasteiger partial charge in [-0.3, -0.25) is 14.4 Å². The van der Waals surface area contributed by atoms with Crippen LogP contribution in [0.5, 0.6) is 0 Å². The summed E-state index contributed by atoms with van der Waals surface area (Å²) in [5.41, 5.74) is 0.619. The van der Waals surface area contributed by atoms with Gasteiger partial charge in [0.15, 0.2) is 0 Å². The Morgan fingerprint density at radius 3 is 2.32 bits per heavy atom. The Balaban J connectivity index is 2.40. The summed E-state index contributed by atoms with van der Waals surface area (Å²) < 4.78 is 25.5. The molecular formula is C17H17Cl2N3O5S. The third kappa shape index (κ3) is 5.00. The number of anilines is 2. The third-order valence-corrected chi connectivity index (χ3v) is 6.00. The fourth-order valence-electron chi connectivity index (χ4n) is 2.19. The zero-order chi connectivity index (χ0) is 21.1. The first-order valence-electron chi connectivity index (χ1n) is 7.77. The van der Waals surface area contributed by atoms with Crippen molar-refractivity contribution in [2.24, 2.45) is 0 Å². The van der Waals surface area contributed by atoms with Crippen LogP contribution in [0.3, 0.4) is 0 Å². The van der Waals surface area contributed by atoms with Crippen LogP contribution in [0.2, 0.25) is 10.0 Å². The maximum Gasteiger partial charge on any atom is 0.266 e. The molecule has 150 valence electrons. The SMILES string of the molecule is CON(C)S(=O)(=O)c1cc(C(=O)Nc2cc(Cl)ccc2NC(C)=O)ccc1Cl. The van der Waals surface area contributed by atoms with Gasteiger partial charge in [-0.2, -0.15) is 0 Å². The third-order valence-electron chi connectivity index (χ3n) is 3.61. The van der Waals surface area contributed by atoms with Crippen molar-refractivity contribution in [1.29, 1.82) is 0 Å². The largest absolute Gasteiger partial charge is 0.325 e. The number of hydroxylamine groups is 1. The van der Waals surface area contributed by atoms with Gasteiger partial charge in [0.2, 0.25) is 5.91 Å². The van der Waals surface area contributed by atoms with Crippen LogP contribution in [0, 0.1) is 0 Å². The summed E-state index contributed by atoms with van der Waals surface area (Å²) in [6, 6.07) is 8.33. The fraction of sp³-hybridized carbons (Fsp3) is 0.176. The van der Waals surface area contributed by atoms with E-state index < -0.39 is 15.9 Å². The number of amides is 2. The summed E-state index contributed by atoms with van der Waals surface area (Å²) in [7, 11) is -1.67. The Kier molecular flexibility index (Phi) is 7.02. The van der Waals surface area contributed by atoms with Gasteiger partial charge in [0.1, 0.15) is 4.90 Å². The number of nitrogens with zero attached hydrogens (tertiary/aromatic N) is 1. The predicted molar refractivity (Wildman–Crippen MR) is 107 cm³/mol. The van der Waals surface area contributed by atoms with E-state index in [1.165, 1.54) is 45.3 Å². The first-order valence-corrected chi connectivity index (χ1v) is 9.97. The minimum atomic E-state index is -4.06. The number of hydrogen-bond donors (Lipinski definition) is 2. The summed E-state index contributed by atoms with van der Waals surface area (Å²) in [6.07, 6.45) is 0. The number of carbonyl (C=O) groups is 2. The molecule has 28 heavy (non-hydrogen) atoms. The van der Waals surface area contributed by atoms with Crippen molar-refractivity contribution in [2.45, 2.75) is 11.8 Å². The van der Waals surface area contributed by atoms with Gasteiger partial charge in [-0.15, -0.1) is 0 Å².